The van der Waals surface area contributed by atoms with Gasteiger partial charge in [-0.05, 0) is 30.0 Å². The van der Waals surface area contributed by atoms with Gasteiger partial charge in [-0.3, -0.25) is 4.99 Å². The summed E-state index contributed by atoms with van der Waals surface area (Å²) in [7, 11) is 0. The first-order valence-corrected chi connectivity index (χ1v) is 6.64. The van der Waals surface area contributed by atoms with Gasteiger partial charge in [0.15, 0.2) is 0 Å². The maximum Gasteiger partial charge on any atom is 0.0359 e. The van der Waals surface area contributed by atoms with Crippen LogP contribution in [0.3, 0.4) is 0 Å². The molecular weight excluding hydrogens is 214 g/mol. The molecule has 0 aromatic heterocycles. The molecule has 0 atom stereocenters. The van der Waals surface area contributed by atoms with E-state index in [-0.39, 0.29) is 0 Å². The van der Waals surface area contributed by atoms with E-state index in [0.29, 0.717) is 0 Å². The van der Waals surface area contributed by atoms with Crippen molar-refractivity contribution in [1.82, 2.24) is 0 Å². The van der Waals surface area contributed by atoms with Gasteiger partial charge in [0.2, 0.25) is 0 Å². The van der Waals surface area contributed by atoms with E-state index in [1.54, 1.807) is 0 Å². The summed E-state index contributed by atoms with van der Waals surface area (Å²) in [6.07, 6.45) is 3.92. The van der Waals surface area contributed by atoms with Crippen LogP contribution in [-0.4, -0.2) is 12.5 Å². The fraction of sp³-hybridized carbons (Fsp3) is 0.357. The van der Waals surface area contributed by atoms with Gasteiger partial charge in [-0.25, -0.2) is 0 Å². The molecular formula is C14H19NS. The van der Waals surface area contributed by atoms with E-state index in [1.165, 1.54) is 16.0 Å². The summed E-state index contributed by atoms with van der Waals surface area (Å²) in [4.78, 5) is 5.14. The molecule has 0 aliphatic heterocycles. The monoisotopic (exact) mass is 233 g/mol. The van der Waals surface area contributed by atoms with E-state index in [9.17, 15) is 0 Å². The molecule has 0 aliphatic rings. The van der Waals surface area contributed by atoms with Crippen molar-refractivity contribution in [2.45, 2.75) is 26.7 Å². The minimum absolute atomic E-state index is 0.964. The number of aryl methyl sites for hydroxylation is 1. The van der Waals surface area contributed by atoms with E-state index in [0.717, 1.165) is 18.6 Å². The van der Waals surface area contributed by atoms with Crippen molar-refractivity contribution in [1.29, 1.82) is 0 Å². The smallest absolute Gasteiger partial charge is 0.0359 e. The predicted octanol–water partition coefficient (Wildman–Crippen LogP) is 4.09. The van der Waals surface area contributed by atoms with Gasteiger partial charge >= 0.3 is 0 Å². The summed E-state index contributed by atoms with van der Waals surface area (Å²) in [6, 6.07) is 8.74. The summed E-state index contributed by atoms with van der Waals surface area (Å²) in [5.74, 6) is 1.08. The zero-order valence-electron chi connectivity index (χ0n) is 10.1. The Kier molecular flexibility index (Phi) is 5.94. The zero-order chi connectivity index (χ0) is 11.8. The Hall–Kier alpha value is -1.02. The van der Waals surface area contributed by atoms with E-state index in [4.69, 9.17) is 0 Å². The molecule has 0 unspecified atom stereocenters. The first-order chi connectivity index (χ1) is 7.80. The van der Waals surface area contributed by atoms with Crippen LogP contribution in [-0.2, 0) is 12.8 Å². The molecule has 2 heteroatoms. The molecule has 1 nitrogen and oxygen atoms in total. The Labute approximate surface area is 103 Å². The maximum absolute atomic E-state index is 3.86. The number of hydrogen-bond donors (Lipinski definition) is 0. The Morgan fingerprint density at radius 1 is 1.38 bits per heavy atom. The maximum atomic E-state index is 3.86. The lowest BCUT2D eigenvalue weighted by atomic mass is 10.1. The molecule has 0 heterocycles. The van der Waals surface area contributed by atoms with Crippen LogP contribution in [0, 0.1) is 0 Å². The largest absolute Gasteiger partial charge is 0.272 e. The minimum Gasteiger partial charge on any atom is -0.272 e. The van der Waals surface area contributed by atoms with Crippen molar-refractivity contribution < 1.29 is 0 Å². The van der Waals surface area contributed by atoms with Crippen molar-refractivity contribution in [3.63, 3.8) is 0 Å². The minimum atomic E-state index is 0.964. The van der Waals surface area contributed by atoms with Gasteiger partial charge in [-0.15, -0.1) is 11.8 Å². The van der Waals surface area contributed by atoms with Crippen LogP contribution < -0.4 is 0 Å². The van der Waals surface area contributed by atoms with Crippen LogP contribution in [0.1, 0.15) is 25.0 Å². The average molecular weight is 233 g/mol. The molecule has 16 heavy (non-hydrogen) atoms. The molecule has 0 saturated heterocycles. The third kappa shape index (κ3) is 4.23. The lowest BCUT2D eigenvalue weighted by Crippen LogP contribution is -1.90. The van der Waals surface area contributed by atoms with Crippen LogP contribution in [0.4, 0.5) is 0 Å². The van der Waals surface area contributed by atoms with Crippen LogP contribution >= 0.6 is 11.8 Å². The normalized spacial score (nSPS) is 11.5. The fourth-order valence-electron chi connectivity index (χ4n) is 1.58. The highest BCUT2D eigenvalue weighted by atomic mass is 32.2. The number of thioether (sulfide) groups is 1. The molecule has 0 amide bonds. The molecule has 0 radical (unpaired) electrons. The first kappa shape index (κ1) is 13.0. The van der Waals surface area contributed by atoms with Crippen molar-refractivity contribution in [3.8, 4) is 0 Å². The number of allylic oxidation sites excluding steroid dienone is 1. The van der Waals surface area contributed by atoms with E-state index < -0.39 is 0 Å². The average Bonchev–Trinajstić information content (AvgIpc) is 2.30. The van der Waals surface area contributed by atoms with Crippen LogP contribution in [0.15, 0.2) is 40.4 Å². The lowest BCUT2D eigenvalue weighted by Gasteiger charge is -2.06. The van der Waals surface area contributed by atoms with Gasteiger partial charge in [0.25, 0.3) is 0 Å². The molecule has 0 fully saturated rings. The fourth-order valence-corrected chi connectivity index (χ4v) is 2.37. The quantitative estimate of drug-likeness (QED) is 0.674. The highest BCUT2D eigenvalue weighted by Gasteiger charge is 2.00. The van der Waals surface area contributed by atoms with Gasteiger partial charge in [0.1, 0.15) is 0 Å². The second kappa shape index (κ2) is 7.29. The predicted molar refractivity (Wildman–Crippen MR) is 75.3 cm³/mol. The second-order valence-corrected chi connectivity index (χ2v) is 4.95. The zero-order valence-corrected chi connectivity index (χ0v) is 10.9. The van der Waals surface area contributed by atoms with Gasteiger partial charge in [-0.2, -0.15) is 0 Å². The van der Waals surface area contributed by atoms with E-state index >= 15 is 0 Å². The standard InChI is InChI=1S/C14H19NS/c1-4-12-7-6-8-13(9-12)10-14(11-15-3)16-5-2/h6-9,11H,3-5,10H2,1-2H3/b14-11-. The van der Waals surface area contributed by atoms with Gasteiger partial charge in [0, 0.05) is 17.5 Å². The summed E-state index contributed by atoms with van der Waals surface area (Å²) in [6.45, 7) is 7.86. The SMILES string of the molecule is C=N/C=C(/Cc1cccc(CC)c1)SCC. The molecule has 1 aromatic rings. The molecule has 0 aliphatic carbocycles. The van der Waals surface area contributed by atoms with Crippen LogP contribution in [0.5, 0.6) is 0 Å². The third-order valence-electron chi connectivity index (χ3n) is 2.34. The van der Waals surface area contributed by atoms with Crippen molar-refractivity contribution in [2.24, 2.45) is 4.99 Å². The molecule has 1 aromatic carbocycles. The number of hydrogen-bond acceptors (Lipinski definition) is 2. The highest BCUT2D eigenvalue weighted by Crippen LogP contribution is 2.21. The highest BCUT2D eigenvalue weighted by molar-refractivity contribution is 8.03. The Morgan fingerprint density at radius 3 is 2.75 bits per heavy atom. The summed E-state index contributed by atoms with van der Waals surface area (Å²) >= 11 is 1.84. The number of rotatable bonds is 6. The summed E-state index contributed by atoms with van der Waals surface area (Å²) < 4.78 is 0. The molecule has 1 rings (SSSR count). The number of benzene rings is 1. The van der Waals surface area contributed by atoms with Crippen molar-refractivity contribution >= 4 is 18.5 Å². The van der Waals surface area contributed by atoms with Gasteiger partial charge < -0.3 is 0 Å². The molecule has 0 saturated carbocycles. The molecule has 0 spiro atoms. The summed E-state index contributed by atoms with van der Waals surface area (Å²) in [5, 5.41) is 0. The lowest BCUT2D eigenvalue weighted by molar-refractivity contribution is 1.11. The number of nitrogens with zero attached hydrogens (tertiary/aromatic N) is 1. The number of aliphatic imine (C=N–C) groups is 1. The first-order valence-electron chi connectivity index (χ1n) is 5.65. The van der Waals surface area contributed by atoms with Gasteiger partial charge in [-0.1, -0.05) is 38.1 Å². The van der Waals surface area contributed by atoms with Crippen LogP contribution in [0.25, 0.3) is 0 Å². The Morgan fingerprint density at radius 2 is 2.12 bits per heavy atom. The summed E-state index contributed by atoms with van der Waals surface area (Å²) in [5.41, 5.74) is 2.75. The van der Waals surface area contributed by atoms with Crippen LogP contribution in [0.2, 0.25) is 0 Å². The molecule has 0 bridgehead atoms. The molecule has 0 N–H and O–H groups in total. The van der Waals surface area contributed by atoms with Crippen molar-refractivity contribution in [3.05, 3.63) is 46.5 Å². The third-order valence-corrected chi connectivity index (χ3v) is 3.25. The van der Waals surface area contributed by atoms with Gasteiger partial charge in [0.05, 0.1) is 0 Å². The van der Waals surface area contributed by atoms with Crippen molar-refractivity contribution in [2.75, 3.05) is 5.75 Å². The van der Waals surface area contributed by atoms with E-state index in [2.05, 4.69) is 49.8 Å². The van der Waals surface area contributed by atoms with E-state index in [1.807, 2.05) is 18.0 Å². The Balaban J connectivity index is 2.76. The second-order valence-electron chi connectivity index (χ2n) is 3.56. The topological polar surface area (TPSA) is 12.4 Å². The Bertz CT molecular complexity index is 369. The molecule has 86 valence electrons.